The largest absolute Gasteiger partial charge is 0.464 e. The summed E-state index contributed by atoms with van der Waals surface area (Å²) in [6.45, 7) is 3.21. The summed E-state index contributed by atoms with van der Waals surface area (Å²) in [6.07, 6.45) is 12.8. The van der Waals surface area contributed by atoms with Crippen molar-refractivity contribution in [3.63, 3.8) is 0 Å². The van der Waals surface area contributed by atoms with Gasteiger partial charge in [-0.2, -0.15) is 11.8 Å². The molecule has 3 aromatic rings. The first-order valence-corrected chi connectivity index (χ1v) is 15.3. The summed E-state index contributed by atoms with van der Waals surface area (Å²) < 4.78 is 5.57. The summed E-state index contributed by atoms with van der Waals surface area (Å²) in [7, 11) is 0. The van der Waals surface area contributed by atoms with Crippen molar-refractivity contribution in [1.29, 1.82) is 0 Å². The van der Waals surface area contributed by atoms with Gasteiger partial charge in [0.2, 0.25) is 0 Å². The summed E-state index contributed by atoms with van der Waals surface area (Å²) in [6, 6.07) is 18.8. The Balaban J connectivity index is 1.70. The predicted molar refractivity (Wildman–Crippen MR) is 162 cm³/mol. The molecule has 0 spiro atoms. The number of unbranched alkanes of at least 4 members (excludes halogenated alkanes) is 5. The fraction of sp³-hybridized carbons (Fsp3) is 0.406. The minimum Gasteiger partial charge on any atom is -0.464 e. The Labute approximate surface area is 237 Å². The minimum atomic E-state index is -0.683. The second kappa shape index (κ2) is 17.3. The normalized spacial score (nSPS) is 11.5. The molecule has 0 unspecified atom stereocenters. The van der Waals surface area contributed by atoms with Gasteiger partial charge in [-0.1, -0.05) is 75.4 Å². The molecule has 1 aromatic heterocycles. The van der Waals surface area contributed by atoms with Crippen molar-refractivity contribution in [3.05, 3.63) is 84.2 Å². The Morgan fingerprint density at radius 1 is 0.974 bits per heavy atom. The van der Waals surface area contributed by atoms with E-state index in [1.54, 1.807) is 18.0 Å². The fourth-order valence-corrected chi connectivity index (χ4v) is 4.76. The molecular formula is C32H41N3O3S. The SMILES string of the molecule is CCCCCCCCOC(=O)[C@H](CCSC)NC(=O)c1ccc(NCc2cccnc2)cc1-c1ccccc1. The van der Waals surface area contributed by atoms with E-state index in [2.05, 4.69) is 22.5 Å². The van der Waals surface area contributed by atoms with Crippen LogP contribution in [-0.4, -0.2) is 41.5 Å². The van der Waals surface area contributed by atoms with Crippen LogP contribution >= 0.6 is 11.8 Å². The molecule has 6 nitrogen and oxygen atoms in total. The van der Waals surface area contributed by atoms with Crippen molar-refractivity contribution in [1.82, 2.24) is 10.3 Å². The number of carbonyl (C=O) groups is 2. The molecule has 0 saturated carbocycles. The molecule has 2 N–H and O–H groups in total. The van der Waals surface area contributed by atoms with Gasteiger partial charge in [0.15, 0.2) is 0 Å². The number of esters is 1. The van der Waals surface area contributed by atoms with Gasteiger partial charge >= 0.3 is 5.97 Å². The molecule has 0 bridgehead atoms. The van der Waals surface area contributed by atoms with Gasteiger partial charge in [0.05, 0.1) is 6.61 Å². The van der Waals surface area contributed by atoms with E-state index in [0.717, 1.165) is 47.4 Å². The third kappa shape index (κ3) is 10.4. The average Bonchev–Trinajstić information content (AvgIpc) is 2.98. The van der Waals surface area contributed by atoms with Crippen molar-refractivity contribution < 1.29 is 14.3 Å². The molecule has 3 rings (SSSR count). The zero-order chi connectivity index (χ0) is 27.7. The van der Waals surface area contributed by atoms with E-state index < -0.39 is 6.04 Å². The summed E-state index contributed by atoms with van der Waals surface area (Å²) in [5.41, 5.74) is 4.21. The molecule has 0 aliphatic heterocycles. The van der Waals surface area contributed by atoms with E-state index in [4.69, 9.17) is 4.74 Å². The van der Waals surface area contributed by atoms with E-state index in [-0.39, 0.29) is 11.9 Å². The number of thioether (sulfide) groups is 1. The number of nitrogens with one attached hydrogen (secondary N) is 2. The highest BCUT2D eigenvalue weighted by Gasteiger charge is 2.24. The minimum absolute atomic E-state index is 0.282. The van der Waals surface area contributed by atoms with Gasteiger partial charge in [-0.05, 0) is 65.8 Å². The molecule has 2 aromatic carbocycles. The number of hydrogen-bond donors (Lipinski definition) is 2. The van der Waals surface area contributed by atoms with Crippen LogP contribution in [-0.2, 0) is 16.1 Å². The smallest absolute Gasteiger partial charge is 0.328 e. The van der Waals surface area contributed by atoms with Crippen LogP contribution in [0.2, 0.25) is 0 Å². The monoisotopic (exact) mass is 547 g/mol. The molecule has 0 saturated heterocycles. The third-order valence-electron chi connectivity index (χ3n) is 6.51. The van der Waals surface area contributed by atoms with Gasteiger partial charge in [0, 0.05) is 30.2 Å². The van der Waals surface area contributed by atoms with E-state index in [0.29, 0.717) is 25.1 Å². The lowest BCUT2D eigenvalue weighted by Crippen LogP contribution is -2.42. The standard InChI is InChI=1S/C32H41N3O3S/c1-3-4-5-6-7-11-20-38-32(37)30(18-21-39-2)35-31(36)28-17-16-27(34-24-25-13-12-19-33-23-25)22-29(28)26-14-9-8-10-15-26/h8-10,12-17,19,22-23,30,34H,3-7,11,18,20-21,24H2,1-2H3,(H,35,36)/t30-/m0/s1. The fourth-order valence-electron chi connectivity index (χ4n) is 4.29. The number of anilines is 1. The molecule has 0 fully saturated rings. The Bertz CT molecular complexity index is 1140. The van der Waals surface area contributed by atoms with Crippen molar-refractivity contribution >= 4 is 29.3 Å². The first-order valence-electron chi connectivity index (χ1n) is 13.9. The molecule has 1 heterocycles. The lowest BCUT2D eigenvalue weighted by molar-refractivity contribution is -0.146. The molecule has 0 aliphatic carbocycles. The number of ether oxygens (including phenoxy) is 1. The molecule has 1 atom stereocenters. The summed E-state index contributed by atoms with van der Waals surface area (Å²) in [4.78, 5) is 30.6. The van der Waals surface area contributed by atoms with Gasteiger partial charge in [-0.15, -0.1) is 0 Å². The Hall–Kier alpha value is -3.32. The van der Waals surface area contributed by atoms with Crippen molar-refractivity contribution in [2.24, 2.45) is 0 Å². The zero-order valence-corrected chi connectivity index (χ0v) is 24.0. The van der Waals surface area contributed by atoms with Crippen LogP contribution in [0.15, 0.2) is 73.1 Å². The lowest BCUT2D eigenvalue weighted by Gasteiger charge is -2.19. The van der Waals surface area contributed by atoms with Gasteiger partial charge < -0.3 is 15.4 Å². The molecule has 0 radical (unpaired) electrons. The maximum absolute atomic E-state index is 13.5. The topological polar surface area (TPSA) is 80.3 Å². The predicted octanol–water partition coefficient (Wildman–Crippen LogP) is 7.12. The van der Waals surface area contributed by atoms with Crippen molar-refractivity contribution in [2.75, 3.05) is 23.9 Å². The lowest BCUT2D eigenvalue weighted by atomic mass is 9.98. The highest BCUT2D eigenvalue weighted by molar-refractivity contribution is 7.98. The number of nitrogens with zero attached hydrogens (tertiary/aromatic N) is 1. The highest BCUT2D eigenvalue weighted by atomic mass is 32.2. The second-order valence-corrected chi connectivity index (χ2v) is 10.6. The summed E-state index contributed by atoms with van der Waals surface area (Å²) >= 11 is 1.64. The van der Waals surface area contributed by atoms with Crippen LogP contribution in [0.3, 0.4) is 0 Å². The van der Waals surface area contributed by atoms with Crippen LogP contribution in [0.5, 0.6) is 0 Å². The number of aromatic nitrogens is 1. The van der Waals surface area contributed by atoms with Gasteiger partial charge in [0.1, 0.15) is 6.04 Å². The van der Waals surface area contributed by atoms with E-state index in [1.165, 1.54) is 19.3 Å². The Kier molecular flexibility index (Phi) is 13.4. The van der Waals surface area contributed by atoms with Crippen LogP contribution < -0.4 is 10.6 Å². The van der Waals surface area contributed by atoms with Crippen LogP contribution in [0.25, 0.3) is 11.1 Å². The van der Waals surface area contributed by atoms with Gasteiger partial charge in [-0.3, -0.25) is 9.78 Å². The molecule has 39 heavy (non-hydrogen) atoms. The van der Waals surface area contributed by atoms with E-state index in [1.807, 2.05) is 73.1 Å². The maximum Gasteiger partial charge on any atom is 0.328 e. The number of carbonyl (C=O) groups excluding carboxylic acids is 2. The average molecular weight is 548 g/mol. The zero-order valence-electron chi connectivity index (χ0n) is 23.2. The highest BCUT2D eigenvalue weighted by Crippen LogP contribution is 2.28. The van der Waals surface area contributed by atoms with Crippen molar-refractivity contribution in [2.45, 2.75) is 64.5 Å². The van der Waals surface area contributed by atoms with Gasteiger partial charge in [-0.25, -0.2) is 4.79 Å². The third-order valence-corrected chi connectivity index (χ3v) is 7.16. The van der Waals surface area contributed by atoms with E-state index in [9.17, 15) is 9.59 Å². The summed E-state index contributed by atoms with van der Waals surface area (Å²) in [5, 5.41) is 6.39. The number of pyridine rings is 1. The van der Waals surface area contributed by atoms with Gasteiger partial charge in [0.25, 0.3) is 5.91 Å². The van der Waals surface area contributed by atoms with Crippen LogP contribution in [0.1, 0.15) is 67.8 Å². The summed E-state index contributed by atoms with van der Waals surface area (Å²) in [5.74, 6) is 0.108. The maximum atomic E-state index is 13.5. The number of amides is 1. The molecule has 1 amide bonds. The van der Waals surface area contributed by atoms with Crippen LogP contribution in [0.4, 0.5) is 5.69 Å². The number of benzene rings is 2. The number of rotatable bonds is 17. The Morgan fingerprint density at radius 2 is 1.77 bits per heavy atom. The van der Waals surface area contributed by atoms with E-state index >= 15 is 0 Å². The second-order valence-electron chi connectivity index (χ2n) is 9.58. The number of hydrogen-bond acceptors (Lipinski definition) is 6. The first-order chi connectivity index (χ1) is 19.1. The Morgan fingerprint density at radius 3 is 2.51 bits per heavy atom. The first kappa shape index (κ1) is 30.2. The molecule has 7 heteroatoms. The quantitative estimate of drug-likeness (QED) is 0.138. The molecule has 208 valence electrons. The van der Waals surface area contributed by atoms with Crippen LogP contribution in [0, 0.1) is 0 Å². The molecule has 0 aliphatic rings. The van der Waals surface area contributed by atoms with Crippen molar-refractivity contribution in [3.8, 4) is 11.1 Å². The molecular weight excluding hydrogens is 506 g/mol.